The van der Waals surface area contributed by atoms with Crippen molar-refractivity contribution in [1.29, 1.82) is 0 Å². The number of aromatic nitrogens is 3. The molecule has 2 heterocycles. The molecule has 0 atom stereocenters. The zero-order chi connectivity index (χ0) is 14.7. The average Bonchev–Trinajstić information content (AvgIpc) is 2.90. The van der Waals surface area contributed by atoms with Crippen molar-refractivity contribution in [1.82, 2.24) is 14.8 Å². The molecule has 0 aliphatic rings. The van der Waals surface area contributed by atoms with E-state index in [9.17, 15) is 4.79 Å². The molecular weight excluding hydrogens is 270 g/mol. The predicted molar refractivity (Wildman–Crippen MR) is 76.1 cm³/mol. The smallest absolute Gasteiger partial charge is 0.437 e. The Morgan fingerprint density at radius 3 is 2.52 bits per heavy atom. The van der Waals surface area contributed by atoms with Gasteiger partial charge >= 0.3 is 5.76 Å². The minimum atomic E-state index is -0.488. The highest BCUT2D eigenvalue weighted by atomic mass is 16.5. The van der Waals surface area contributed by atoms with Gasteiger partial charge in [0.1, 0.15) is 5.75 Å². The summed E-state index contributed by atoms with van der Waals surface area (Å²) in [5.74, 6) is 0.567. The standard InChI is InChI=1S/C15H13N3O3/c1-20-13-4-2-11(3-5-13)10-18-15(19)21-14(17-18)12-6-8-16-9-7-12/h2-9H,10H2,1H3. The van der Waals surface area contributed by atoms with Gasteiger partial charge in [-0.25, -0.2) is 4.79 Å². The van der Waals surface area contributed by atoms with Gasteiger partial charge in [-0.2, -0.15) is 4.68 Å². The average molecular weight is 283 g/mol. The summed E-state index contributed by atoms with van der Waals surface area (Å²) in [6, 6.07) is 10.9. The van der Waals surface area contributed by atoms with Gasteiger partial charge in [-0.1, -0.05) is 12.1 Å². The van der Waals surface area contributed by atoms with Gasteiger partial charge < -0.3 is 9.15 Å². The lowest BCUT2D eigenvalue weighted by Gasteiger charge is -2.02. The molecule has 0 aliphatic carbocycles. The zero-order valence-electron chi connectivity index (χ0n) is 11.4. The van der Waals surface area contributed by atoms with Crippen molar-refractivity contribution >= 4 is 0 Å². The number of rotatable bonds is 4. The van der Waals surface area contributed by atoms with Gasteiger partial charge in [0.05, 0.1) is 13.7 Å². The molecule has 21 heavy (non-hydrogen) atoms. The van der Waals surface area contributed by atoms with Gasteiger partial charge in [-0.05, 0) is 29.8 Å². The molecule has 0 amide bonds. The van der Waals surface area contributed by atoms with Crippen LogP contribution in [0, 0.1) is 0 Å². The van der Waals surface area contributed by atoms with E-state index in [1.165, 1.54) is 4.68 Å². The fourth-order valence-electron chi connectivity index (χ4n) is 1.92. The molecule has 0 bridgehead atoms. The molecule has 1 aromatic carbocycles. The highest BCUT2D eigenvalue weighted by molar-refractivity contribution is 5.50. The first-order chi connectivity index (χ1) is 10.3. The second kappa shape index (κ2) is 5.62. The van der Waals surface area contributed by atoms with E-state index >= 15 is 0 Å². The fraction of sp³-hybridized carbons (Fsp3) is 0.133. The van der Waals surface area contributed by atoms with Crippen molar-refractivity contribution in [2.24, 2.45) is 0 Å². The lowest BCUT2D eigenvalue weighted by Crippen LogP contribution is -2.16. The van der Waals surface area contributed by atoms with E-state index in [1.54, 1.807) is 31.6 Å². The summed E-state index contributed by atoms with van der Waals surface area (Å²) < 4.78 is 11.5. The maximum absolute atomic E-state index is 11.8. The summed E-state index contributed by atoms with van der Waals surface area (Å²) in [6.07, 6.45) is 3.25. The highest BCUT2D eigenvalue weighted by Crippen LogP contribution is 2.15. The van der Waals surface area contributed by atoms with Crippen molar-refractivity contribution in [3.8, 4) is 17.2 Å². The summed E-state index contributed by atoms with van der Waals surface area (Å²) in [6.45, 7) is 0.345. The van der Waals surface area contributed by atoms with E-state index in [1.807, 2.05) is 24.3 Å². The Balaban J connectivity index is 1.86. The Bertz CT molecular complexity index is 776. The number of ether oxygens (including phenoxy) is 1. The van der Waals surface area contributed by atoms with Gasteiger partial charge in [0, 0.05) is 18.0 Å². The first-order valence-electron chi connectivity index (χ1n) is 6.37. The molecule has 3 rings (SSSR count). The number of pyridine rings is 1. The topological polar surface area (TPSA) is 70.2 Å². The van der Waals surface area contributed by atoms with Crippen LogP contribution in [0.2, 0.25) is 0 Å². The largest absolute Gasteiger partial charge is 0.497 e. The van der Waals surface area contributed by atoms with Crippen molar-refractivity contribution in [3.63, 3.8) is 0 Å². The monoisotopic (exact) mass is 283 g/mol. The second-order valence-corrected chi connectivity index (χ2v) is 4.41. The van der Waals surface area contributed by atoms with Crippen LogP contribution in [0.5, 0.6) is 5.75 Å². The minimum absolute atomic E-state index is 0.288. The minimum Gasteiger partial charge on any atom is -0.497 e. The van der Waals surface area contributed by atoms with Gasteiger partial charge in [0.15, 0.2) is 0 Å². The van der Waals surface area contributed by atoms with Crippen LogP contribution >= 0.6 is 0 Å². The molecule has 0 fully saturated rings. The molecular formula is C15H13N3O3. The summed E-state index contributed by atoms with van der Waals surface area (Å²) in [5, 5.41) is 4.20. The second-order valence-electron chi connectivity index (χ2n) is 4.41. The quantitative estimate of drug-likeness (QED) is 0.732. The molecule has 0 spiro atoms. The molecule has 0 N–H and O–H groups in total. The summed E-state index contributed by atoms with van der Waals surface area (Å²) >= 11 is 0. The normalized spacial score (nSPS) is 10.5. The first-order valence-corrected chi connectivity index (χ1v) is 6.37. The molecule has 3 aromatic rings. The lowest BCUT2D eigenvalue weighted by molar-refractivity contribution is 0.414. The number of nitrogens with zero attached hydrogens (tertiary/aromatic N) is 3. The number of benzene rings is 1. The predicted octanol–water partition coefficient (Wildman–Crippen LogP) is 1.96. The van der Waals surface area contributed by atoms with Crippen LogP contribution in [0.25, 0.3) is 11.5 Å². The van der Waals surface area contributed by atoms with Gasteiger partial charge in [0.25, 0.3) is 0 Å². The van der Waals surface area contributed by atoms with Crippen LogP contribution in [-0.4, -0.2) is 21.9 Å². The van der Waals surface area contributed by atoms with E-state index in [2.05, 4.69) is 10.1 Å². The Hall–Kier alpha value is -2.89. The number of hydrogen-bond acceptors (Lipinski definition) is 5. The van der Waals surface area contributed by atoms with E-state index in [0.29, 0.717) is 6.54 Å². The molecule has 2 aromatic heterocycles. The maximum Gasteiger partial charge on any atom is 0.437 e. The Labute approximate surface area is 120 Å². The van der Waals surface area contributed by atoms with Crippen molar-refractivity contribution < 1.29 is 9.15 Å². The molecule has 6 heteroatoms. The molecule has 106 valence electrons. The lowest BCUT2D eigenvalue weighted by atomic mass is 10.2. The third-order valence-electron chi connectivity index (χ3n) is 3.02. The van der Waals surface area contributed by atoms with Crippen LogP contribution in [0.4, 0.5) is 0 Å². The zero-order valence-corrected chi connectivity index (χ0v) is 11.4. The van der Waals surface area contributed by atoms with Crippen LogP contribution in [-0.2, 0) is 6.54 Å². The van der Waals surface area contributed by atoms with E-state index in [-0.39, 0.29) is 5.89 Å². The molecule has 0 unspecified atom stereocenters. The fourth-order valence-corrected chi connectivity index (χ4v) is 1.92. The van der Waals surface area contributed by atoms with E-state index < -0.39 is 5.76 Å². The third-order valence-corrected chi connectivity index (χ3v) is 3.02. The van der Waals surface area contributed by atoms with E-state index in [4.69, 9.17) is 9.15 Å². The molecule has 0 aliphatic heterocycles. The first kappa shape index (κ1) is 13.1. The Morgan fingerprint density at radius 1 is 1.14 bits per heavy atom. The third kappa shape index (κ3) is 2.84. The van der Waals surface area contributed by atoms with Crippen molar-refractivity contribution in [2.75, 3.05) is 7.11 Å². The molecule has 0 saturated carbocycles. The number of methoxy groups -OCH3 is 1. The van der Waals surface area contributed by atoms with Crippen LogP contribution in [0.1, 0.15) is 5.56 Å². The SMILES string of the molecule is COc1ccc(Cn2nc(-c3ccncc3)oc2=O)cc1. The Kier molecular flexibility index (Phi) is 3.51. The van der Waals surface area contributed by atoms with Crippen molar-refractivity contribution in [2.45, 2.75) is 6.54 Å². The molecule has 6 nitrogen and oxygen atoms in total. The van der Waals surface area contributed by atoms with Gasteiger partial charge in [-0.3, -0.25) is 4.98 Å². The summed E-state index contributed by atoms with van der Waals surface area (Å²) in [7, 11) is 1.61. The van der Waals surface area contributed by atoms with Crippen LogP contribution < -0.4 is 10.5 Å². The molecule has 0 saturated heterocycles. The summed E-state index contributed by atoms with van der Waals surface area (Å²) in [4.78, 5) is 15.8. The van der Waals surface area contributed by atoms with E-state index in [0.717, 1.165) is 16.9 Å². The van der Waals surface area contributed by atoms with Gasteiger partial charge in [0.2, 0.25) is 5.89 Å². The Morgan fingerprint density at radius 2 is 1.86 bits per heavy atom. The maximum atomic E-state index is 11.8. The van der Waals surface area contributed by atoms with Crippen LogP contribution in [0.15, 0.2) is 58.0 Å². The van der Waals surface area contributed by atoms with Crippen molar-refractivity contribution in [3.05, 3.63) is 64.9 Å². The van der Waals surface area contributed by atoms with Crippen LogP contribution in [0.3, 0.4) is 0 Å². The highest BCUT2D eigenvalue weighted by Gasteiger charge is 2.10. The van der Waals surface area contributed by atoms with Gasteiger partial charge in [-0.15, -0.1) is 5.10 Å². The molecule has 0 radical (unpaired) electrons. The number of hydrogen-bond donors (Lipinski definition) is 0. The summed E-state index contributed by atoms with van der Waals surface area (Å²) in [5.41, 5.74) is 1.66.